The van der Waals surface area contributed by atoms with Gasteiger partial charge in [0.05, 0.1) is 6.20 Å². The van der Waals surface area contributed by atoms with Gasteiger partial charge in [0.15, 0.2) is 5.03 Å². The molecular formula is C20H27FN4O3S. The standard InChI is InChI=1S/C20H27FN4O3S/c1-13-4-5-16(9-18(13)21)19(12-25-7-6-23-15(3)11-25)28-17-8-14(2)20(24-10-17)29(22,26)27/h4-5,8-10,15,19,23H,6-7,11-12H2,1-3H3,(H2,22,26,27)/t15-,19+/m1/s1. The molecule has 1 aliphatic rings. The molecule has 0 aliphatic carbocycles. The molecule has 0 unspecified atom stereocenters. The van der Waals surface area contributed by atoms with Crippen LogP contribution in [0.15, 0.2) is 35.5 Å². The number of nitrogens with one attached hydrogen (secondary N) is 1. The summed E-state index contributed by atoms with van der Waals surface area (Å²) in [5.41, 5.74) is 1.68. The number of nitrogens with two attached hydrogens (primary N) is 1. The van der Waals surface area contributed by atoms with Crippen molar-refractivity contribution >= 4 is 10.0 Å². The summed E-state index contributed by atoms with van der Waals surface area (Å²) in [5, 5.41) is 8.40. The number of piperazine rings is 1. The van der Waals surface area contributed by atoms with Crippen molar-refractivity contribution in [3.8, 4) is 5.75 Å². The monoisotopic (exact) mass is 422 g/mol. The number of hydrogen-bond donors (Lipinski definition) is 2. The first-order chi connectivity index (χ1) is 13.6. The zero-order chi connectivity index (χ0) is 21.2. The molecule has 1 aromatic heterocycles. The number of hydrogen-bond acceptors (Lipinski definition) is 6. The quantitative estimate of drug-likeness (QED) is 0.738. The minimum Gasteiger partial charge on any atom is -0.483 e. The molecule has 3 N–H and O–H groups in total. The van der Waals surface area contributed by atoms with E-state index >= 15 is 0 Å². The van der Waals surface area contributed by atoms with Crippen molar-refractivity contribution in [3.63, 3.8) is 0 Å². The van der Waals surface area contributed by atoms with Gasteiger partial charge in [-0.3, -0.25) is 4.90 Å². The number of pyridine rings is 1. The lowest BCUT2D eigenvalue weighted by atomic mass is 10.1. The van der Waals surface area contributed by atoms with Crippen molar-refractivity contribution < 1.29 is 17.5 Å². The second-order valence-corrected chi connectivity index (χ2v) is 9.04. The van der Waals surface area contributed by atoms with E-state index in [0.29, 0.717) is 35.0 Å². The predicted molar refractivity (Wildman–Crippen MR) is 109 cm³/mol. The molecule has 9 heteroatoms. The minimum atomic E-state index is -3.90. The van der Waals surface area contributed by atoms with Crippen LogP contribution < -0.4 is 15.2 Å². The van der Waals surface area contributed by atoms with E-state index in [4.69, 9.17) is 9.88 Å². The number of ether oxygens (including phenoxy) is 1. The summed E-state index contributed by atoms with van der Waals surface area (Å²) in [6, 6.07) is 7.02. The molecule has 0 radical (unpaired) electrons. The van der Waals surface area contributed by atoms with Gasteiger partial charge in [-0.05, 0) is 49.6 Å². The van der Waals surface area contributed by atoms with E-state index in [-0.39, 0.29) is 10.8 Å². The molecule has 1 aromatic carbocycles. The Morgan fingerprint density at radius 1 is 1.34 bits per heavy atom. The van der Waals surface area contributed by atoms with Crippen LogP contribution in [0.5, 0.6) is 5.75 Å². The summed E-state index contributed by atoms with van der Waals surface area (Å²) < 4.78 is 43.5. The third-order valence-electron chi connectivity index (χ3n) is 5.00. The van der Waals surface area contributed by atoms with Gasteiger partial charge in [-0.15, -0.1) is 0 Å². The molecule has 29 heavy (non-hydrogen) atoms. The summed E-state index contributed by atoms with van der Waals surface area (Å²) in [5.74, 6) is 0.118. The van der Waals surface area contributed by atoms with Crippen molar-refractivity contribution in [2.24, 2.45) is 5.14 Å². The summed E-state index contributed by atoms with van der Waals surface area (Å²) in [7, 11) is -3.90. The SMILES string of the molecule is Cc1ccc([C@H](CN2CCN[C@H](C)C2)Oc2cnc(S(N)(=O)=O)c(C)c2)cc1F. The highest BCUT2D eigenvalue weighted by atomic mass is 32.2. The van der Waals surface area contributed by atoms with Gasteiger partial charge in [0.1, 0.15) is 17.7 Å². The zero-order valence-corrected chi connectivity index (χ0v) is 17.7. The average molecular weight is 423 g/mol. The van der Waals surface area contributed by atoms with Crippen molar-refractivity contribution in [2.45, 2.75) is 37.9 Å². The summed E-state index contributed by atoms with van der Waals surface area (Å²) >= 11 is 0. The second kappa shape index (κ2) is 8.74. The number of benzene rings is 1. The lowest BCUT2D eigenvalue weighted by Gasteiger charge is -2.34. The number of rotatable bonds is 6. The molecule has 1 saturated heterocycles. The van der Waals surface area contributed by atoms with Gasteiger partial charge < -0.3 is 10.1 Å². The van der Waals surface area contributed by atoms with Crippen LogP contribution >= 0.6 is 0 Å². The van der Waals surface area contributed by atoms with E-state index in [1.807, 2.05) is 6.07 Å². The summed E-state index contributed by atoms with van der Waals surface area (Å²) in [6.45, 7) is 8.61. The Morgan fingerprint density at radius 3 is 2.72 bits per heavy atom. The lowest BCUT2D eigenvalue weighted by molar-refractivity contribution is 0.112. The van der Waals surface area contributed by atoms with Gasteiger partial charge in [0.25, 0.3) is 10.0 Å². The van der Waals surface area contributed by atoms with Gasteiger partial charge in [-0.1, -0.05) is 12.1 Å². The fraction of sp³-hybridized carbons (Fsp3) is 0.450. The highest BCUT2D eigenvalue weighted by Crippen LogP contribution is 2.26. The number of halogens is 1. The van der Waals surface area contributed by atoms with Crippen molar-refractivity contribution in [3.05, 3.63) is 53.0 Å². The number of nitrogens with zero attached hydrogens (tertiary/aromatic N) is 2. The fourth-order valence-electron chi connectivity index (χ4n) is 3.50. The van der Waals surface area contributed by atoms with Crippen LogP contribution in [0.3, 0.4) is 0 Å². The van der Waals surface area contributed by atoms with Crippen LogP contribution in [0.4, 0.5) is 4.39 Å². The number of sulfonamides is 1. The Kier molecular flexibility index (Phi) is 6.52. The van der Waals surface area contributed by atoms with Crippen LogP contribution in [-0.4, -0.2) is 50.5 Å². The molecule has 158 valence electrons. The van der Waals surface area contributed by atoms with Crippen LogP contribution in [0.1, 0.15) is 29.7 Å². The lowest BCUT2D eigenvalue weighted by Crippen LogP contribution is -2.50. The van der Waals surface area contributed by atoms with Crippen LogP contribution in [0.2, 0.25) is 0 Å². The molecule has 2 atom stereocenters. The highest BCUT2D eigenvalue weighted by Gasteiger charge is 2.23. The highest BCUT2D eigenvalue weighted by molar-refractivity contribution is 7.89. The molecule has 0 saturated carbocycles. The Balaban J connectivity index is 1.88. The van der Waals surface area contributed by atoms with Crippen molar-refractivity contribution in [2.75, 3.05) is 26.2 Å². The third kappa shape index (κ3) is 5.51. The molecule has 1 fully saturated rings. The van der Waals surface area contributed by atoms with Crippen LogP contribution in [0, 0.1) is 19.7 Å². The molecule has 2 aromatic rings. The van der Waals surface area contributed by atoms with Crippen LogP contribution in [-0.2, 0) is 10.0 Å². The van der Waals surface area contributed by atoms with Gasteiger partial charge >= 0.3 is 0 Å². The smallest absolute Gasteiger partial charge is 0.255 e. The molecule has 2 heterocycles. The maximum atomic E-state index is 14.2. The minimum absolute atomic E-state index is 0.182. The van der Waals surface area contributed by atoms with E-state index in [0.717, 1.165) is 19.6 Å². The zero-order valence-electron chi connectivity index (χ0n) is 16.9. The normalized spacial score (nSPS) is 19.1. The number of aryl methyl sites for hydroxylation is 2. The molecule has 7 nitrogen and oxygen atoms in total. The van der Waals surface area contributed by atoms with E-state index in [1.54, 1.807) is 26.0 Å². The van der Waals surface area contributed by atoms with Gasteiger partial charge in [0.2, 0.25) is 0 Å². The van der Waals surface area contributed by atoms with Crippen molar-refractivity contribution in [1.82, 2.24) is 15.2 Å². The first-order valence-corrected chi connectivity index (χ1v) is 11.1. The Bertz CT molecular complexity index is 984. The maximum absolute atomic E-state index is 14.2. The third-order valence-corrected chi connectivity index (χ3v) is 5.96. The fourth-order valence-corrected chi connectivity index (χ4v) is 4.20. The first kappa shape index (κ1) is 21.6. The molecule has 3 rings (SSSR count). The molecular weight excluding hydrogens is 395 g/mol. The largest absolute Gasteiger partial charge is 0.483 e. The molecule has 0 amide bonds. The summed E-state index contributed by atoms with van der Waals surface area (Å²) in [6.07, 6.45) is 0.905. The van der Waals surface area contributed by atoms with Crippen molar-refractivity contribution in [1.29, 1.82) is 0 Å². The van der Waals surface area contributed by atoms with E-state index in [9.17, 15) is 12.8 Å². The van der Waals surface area contributed by atoms with E-state index in [2.05, 4.69) is 22.1 Å². The number of aromatic nitrogens is 1. The summed E-state index contributed by atoms with van der Waals surface area (Å²) in [4.78, 5) is 6.22. The van der Waals surface area contributed by atoms with Crippen LogP contribution in [0.25, 0.3) is 0 Å². The predicted octanol–water partition coefficient (Wildman–Crippen LogP) is 1.90. The Hall–Kier alpha value is -2.07. The number of primary sulfonamides is 1. The Morgan fingerprint density at radius 2 is 2.10 bits per heavy atom. The first-order valence-electron chi connectivity index (χ1n) is 9.51. The van der Waals surface area contributed by atoms with Gasteiger partial charge in [-0.25, -0.2) is 22.9 Å². The molecule has 0 bridgehead atoms. The Labute approximate surface area is 171 Å². The van der Waals surface area contributed by atoms with Gasteiger partial charge in [-0.2, -0.15) is 0 Å². The maximum Gasteiger partial charge on any atom is 0.255 e. The molecule has 1 aliphatic heterocycles. The van der Waals surface area contributed by atoms with Gasteiger partial charge in [0, 0.05) is 32.2 Å². The van der Waals surface area contributed by atoms with E-state index < -0.39 is 16.1 Å². The average Bonchev–Trinajstić information content (AvgIpc) is 2.62. The molecule has 0 spiro atoms. The second-order valence-electron chi connectivity index (χ2n) is 7.57. The van der Waals surface area contributed by atoms with E-state index in [1.165, 1.54) is 12.3 Å². The topological polar surface area (TPSA) is 97.5 Å².